The standard InChI is InChI=1S/C17H14ClN3O2/c1-10-9-11(18)7-8-13(10)19-17(23)15-16(22)12-5-3-4-6-14(12)21(2)20-15/h3-9H,1-2H3,(H,19,23). The molecule has 0 aliphatic heterocycles. The lowest BCUT2D eigenvalue weighted by Crippen LogP contribution is -2.26. The van der Waals surface area contributed by atoms with E-state index in [0.717, 1.165) is 5.56 Å². The highest BCUT2D eigenvalue weighted by molar-refractivity contribution is 6.30. The molecule has 3 aromatic rings. The zero-order chi connectivity index (χ0) is 16.6. The fraction of sp³-hybridized carbons (Fsp3) is 0.118. The van der Waals surface area contributed by atoms with Gasteiger partial charge in [0.1, 0.15) is 0 Å². The van der Waals surface area contributed by atoms with Gasteiger partial charge in [0.15, 0.2) is 5.69 Å². The molecule has 1 N–H and O–H groups in total. The van der Waals surface area contributed by atoms with Gasteiger partial charge in [-0.1, -0.05) is 23.7 Å². The Morgan fingerprint density at radius 2 is 1.96 bits per heavy atom. The molecule has 0 saturated heterocycles. The van der Waals surface area contributed by atoms with E-state index >= 15 is 0 Å². The summed E-state index contributed by atoms with van der Waals surface area (Å²) >= 11 is 5.90. The van der Waals surface area contributed by atoms with E-state index in [4.69, 9.17) is 11.6 Å². The minimum absolute atomic E-state index is 0.138. The molecule has 6 heteroatoms. The Bertz CT molecular complexity index is 979. The third-order valence-electron chi connectivity index (χ3n) is 3.61. The maximum absolute atomic E-state index is 12.5. The number of aryl methyl sites for hydroxylation is 2. The number of carbonyl (C=O) groups excluding carboxylic acids is 1. The summed E-state index contributed by atoms with van der Waals surface area (Å²) in [6.07, 6.45) is 0. The van der Waals surface area contributed by atoms with Crippen LogP contribution in [-0.2, 0) is 7.05 Å². The number of nitrogens with one attached hydrogen (secondary N) is 1. The fourth-order valence-corrected chi connectivity index (χ4v) is 2.65. The highest BCUT2D eigenvalue weighted by atomic mass is 35.5. The van der Waals surface area contributed by atoms with Gasteiger partial charge in [0.25, 0.3) is 5.91 Å². The highest BCUT2D eigenvalue weighted by Crippen LogP contribution is 2.20. The number of hydrogen-bond acceptors (Lipinski definition) is 3. The van der Waals surface area contributed by atoms with Crippen LogP contribution in [-0.4, -0.2) is 15.7 Å². The third kappa shape index (κ3) is 2.83. The van der Waals surface area contributed by atoms with Crippen molar-refractivity contribution in [2.24, 2.45) is 7.05 Å². The van der Waals surface area contributed by atoms with Crippen molar-refractivity contribution in [2.45, 2.75) is 6.92 Å². The van der Waals surface area contributed by atoms with Gasteiger partial charge in [-0.15, -0.1) is 0 Å². The van der Waals surface area contributed by atoms with Crippen molar-refractivity contribution < 1.29 is 4.79 Å². The third-order valence-corrected chi connectivity index (χ3v) is 3.85. The lowest BCUT2D eigenvalue weighted by atomic mass is 10.1. The van der Waals surface area contributed by atoms with Crippen molar-refractivity contribution in [3.8, 4) is 0 Å². The van der Waals surface area contributed by atoms with E-state index in [1.807, 2.05) is 13.0 Å². The Balaban J connectivity index is 2.04. The normalized spacial score (nSPS) is 10.7. The van der Waals surface area contributed by atoms with Crippen molar-refractivity contribution >= 4 is 34.1 Å². The first kappa shape index (κ1) is 15.2. The van der Waals surface area contributed by atoms with Crippen LogP contribution in [0.2, 0.25) is 5.02 Å². The van der Waals surface area contributed by atoms with Gasteiger partial charge in [-0.25, -0.2) is 0 Å². The number of aromatic nitrogens is 2. The molecule has 0 bridgehead atoms. The Morgan fingerprint density at radius 3 is 2.70 bits per heavy atom. The van der Waals surface area contributed by atoms with Gasteiger partial charge in [-0.05, 0) is 42.8 Å². The van der Waals surface area contributed by atoms with Gasteiger partial charge in [0, 0.05) is 23.1 Å². The SMILES string of the molecule is Cc1cc(Cl)ccc1NC(=O)c1nn(C)c2ccccc2c1=O. The van der Waals surface area contributed by atoms with Crippen LogP contribution in [0.5, 0.6) is 0 Å². The molecular weight excluding hydrogens is 314 g/mol. The molecule has 0 fully saturated rings. The lowest BCUT2D eigenvalue weighted by molar-refractivity contribution is 0.101. The van der Waals surface area contributed by atoms with Gasteiger partial charge in [0.05, 0.1) is 5.52 Å². The Kier molecular flexibility index (Phi) is 3.88. The Labute approximate surface area is 137 Å². The van der Waals surface area contributed by atoms with Crippen molar-refractivity contribution in [3.63, 3.8) is 0 Å². The van der Waals surface area contributed by atoms with Crippen LogP contribution in [0.25, 0.3) is 10.9 Å². The zero-order valence-electron chi connectivity index (χ0n) is 12.6. The largest absolute Gasteiger partial charge is 0.320 e. The van der Waals surface area contributed by atoms with Crippen LogP contribution in [0.3, 0.4) is 0 Å². The van der Waals surface area contributed by atoms with Crippen LogP contribution in [0.15, 0.2) is 47.3 Å². The molecule has 0 radical (unpaired) electrons. The lowest BCUT2D eigenvalue weighted by Gasteiger charge is -2.10. The van der Waals surface area contributed by atoms with Gasteiger partial charge in [-0.2, -0.15) is 5.10 Å². The molecule has 23 heavy (non-hydrogen) atoms. The molecule has 0 saturated carbocycles. The summed E-state index contributed by atoms with van der Waals surface area (Å²) in [5.41, 5.74) is 1.56. The number of hydrogen-bond donors (Lipinski definition) is 1. The quantitative estimate of drug-likeness (QED) is 0.786. The number of para-hydroxylation sites is 1. The van der Waals surface area contributed by atoms with Gasteiger partial charge < -0.3 is 5.32 Å². The van der Waals surface area contributed by atoms with E-state index in [9.17, 15) is 9.59 Å². The summed E-state index contributed by atoms with van der Waals surface area (Å²) in [5.74, 6) is -0.540. The molecule has 0 atom stereocenters. The highest BCUT2D eigenvalue weighted by Gasteiger charge is 2.17. The Hall–Kier alpha value is -2.66. The Morgan fingerprint density at radius 1 is 1.22 bits per heavy atom. The molecule has 5 nitrogen and oxygen atoms in total. The van der Waals surface area contributed by atoms with Crippen LogP contribution < -0.4 is 10.7 Å². The molecule has 116 valence electrons. The van der Waals surface area contributed by atoms with Crippen molar-refractivity contribution in [1.82, 2.24) is 9.78 Å². The van der Waals surface area contributed by atoms with E-state index in [0.29, 0.717) is 21.6 Å². The number of halogens is 1. The van der Waals surface area contributed by atoms with E-state index in [1.54, 1.807) is 43.4 Å². The molecular formula is C17H14ClN3O2. The van der Waals surface area contributed by atoms with Crippen LogP contribution in [0.1, 0.15) is 16.1 Å². The number of fused-ring (bicyclic) bond motifs is 1. The molecule has 1 heterocycles. The molecule has 2 aromatic carbocycles. The average Bonchev–Trinajstić information content (AvgIpc) is 2.53. The van der Waals surface area contributed by atoms with Crippen LogP contribution >= 0.6 is 11.6 Å². The number of amides is 1. The number of anilines is 1. The summed E-state index contributed by atoms with van der Waals surface area (Å²) in [6, 6.07) is 12.2. The topological polar surface area (TPSA) is 64.0 Å². The van der Waals surface area contributed by atoms with Crippen molar-refractivity contribution in [1.29, 1.82) is 0 Å². The maximum atomic E-state index is 12.5. The van der Waals surface area contributed by atoms with E-state index < -0.39 is 5.91 Å². The predicted molar refractivity (Wildman–Crippen MR) is 91.1 cm³/mol. The molecule has 0 unspecified atom stereocenters. The smallest absolute Gasteiger partial charge is 0.280 e. The second kappa shape index (κ2) is 5.85. The summed E-state index contributed by atoms with van der Waals surface area (Å²) in [7, 11) is 1.70. The van der Waals surface area contributed by atoms with Gasteiger partial charge >= 0.3 is 0 Å². The summed E-state index contributed by atoms with van der Waals surface area (Å²) < 4.78 is 1.53. The second-order valence-electron chi connectivity index (χ2n) is 5.23. The predicted octanol–water partition coefficient (Wildman–Crippen LogP) is 3.15. The molecule has 0 spiro atoms. The van der Waals surface area contributed by atoms with Crippen LogP contribution in [0.4, 0.5) is 5.69 Å². The van der Waals surface area contributed by atoms with Gasteiger partial charge in [-0.3, -0.25) is 14.3 Å². The monoisotopic (exact) mass is 327 g/mol. The van der Waals surface area contributed by atoms with E-state index in [2.05, 4.69) is 10.4 Å². The fourth-order valence-electron chi connectivity index (χ4n) is 2.42. The van der Waals surface area contributed by atoms with Crippen molar-refractivity contribution in [2.75, 3.05) is 5.32 Å². The number of nitrogens with zero attached hydrogens (tertiary/aromatic N) is 2. The number of rotatable bonds is 2. The minimum Gasteiger partial charge on any atom is -0.320 e. The minimum atomic E-state index is -0.540. The summed E-state index contributed by atoms with van der Waals surface area (Å²) in [6.45, 7) is 1.83. The molecule has 0 aliphatic carbocycles. The van der Waals surface area contributed by atoms with Crippen molar-refractivity contribution in [3.05, 3.63) is 69.0 Å². The van der Waals surface area contributed by atoms with Gasteiger partial charge in [0.2, 0.25) is 5.43 Å². The first-order valence-electron chi connectivity index (χ1n) is 7.01. The van der Waals surface area contributed by atoms with E-state index in [1.165, 1.54) is 4.68 Å². The maximum Gasteiger partial charge on any atom is 0.280 e. The molecule has 0 aliphatic rings. The van der Waals surface area contributed by atoms with E-state index in [-0.39, 0.29) is 11.1 Å². The molecule has 3 rings (SSSR count). The molecule has 1 amide bonds. The average molecular weight is 328 g/mol. The molecule has 1 aromatic heterocycles. The second-order valence-corrected chi connectivity index (χ2v) is 5.67. The first-order chi connectivity index (χ1) is 11.0. The zero-order valence-corrected chi connectivity index (χ0v) is 13.4. The van der Waals surface area contributed by atoms with Crippen LogP contribution in [0, 0.1) is 6.92 Å². The summed E-state index contributed by atoms with van der Waals surface area (Å²) in [5, 5.41) is 7.87. The number of carbonyl (C=O) groups is 1. The number of benzene rings is 2. The first-order valence-corrected chi connectivity index (χ1v) is 7.39. The summed E-state index contributed by atoms with van der Waals surface area (Å²) in [4.78, 5) is 24.9.